The summed E-state index contributed by atoms with van der Waals surface area (Å²) in [5.41, 5.74) is 7.32. The van der Waals surface area contributed by atoms with E-state index in [2.05, 4.69) is 0 Å². The van der Waals surface area contributed by atoms with Gasteiger partial charge < -0.3 is 15.7 Å². The third-order valence-electron chi connectivity index (χ3n) is 3.37. The summed E-state index contributed by atoms with van der Waals surface area (Å²) >= 11 is 0. The van der Waals surface area contributed by atoms with Crippen LogP contribution in [0.2, 0.25) is 0 Å². The summed E-state index contributed by atoms with van der Waals surface area (Å²) < 4.78 is 13.9. The van der Waals surface area contributed by atoms with Crippen molar-refractivity contribution in [2.45, 2.75) is 19.4 Å². The highest BCUT2D eigenvalue weighted by atomic mass is 19.1. The molecule has 94 valence electrons. The van der Waals surface area contributed by atoms with E-state index in [4.69, 9.17) is 10.8 Å². The molecule has 4 heteroatoms. The second-order valence-corrected chi connectivity index (χ2v) is 4.75. The first-order valence-electron chi connectivity index (χ1n) is 6.03. The highest BCUT2D eigenvalue weighted by Crippen LogP contribution is 2.32. The second kappa shape index (κ2) is 5.02. The summed E-state index contributed by atoms with van der Waals surface area (Å²) in [6, 6.07) is 4.84. The van der Waals surface area contributed by atoms with Crippen molar-refractivity contribution in [2.75, 3.05) is 24.6 Å². The van der Waals surface area contributed by atoms with Crippen LogP contribution in [-0.4, -0.2) is 24.8 Å². The molecule has 0 saturated carbocycles. The van der Waals surface area contributed by atoms with Crippen LogP contribution < -0.4 is 10.6 Å². The number of halogens is 1. The maximum absolute atomic E-state index is 13.9. The number of benzene rings is 1. The Morgan fingerprint density at radius 1 is 1.59 bits per heavy atom. The number of aliphatic hydroxyl groups excluding tert-OH is 1. The van der Waals surface area contributed by atoms with Crippen LogP contribution >= 0.6 is 0 Å². The van der Waals surface area contributed by atoms with Crippen molar-refractivity contribution in [3.8, 4) is 0 Å². The molecule has 1 aromatic rings. The SMILES string of the molecule is C[C@@H](N)c1cccc(F)c1N1CCC(CO)C1. The fourth-order valence-electron chi connectivity index (χ4n) is 2.42. The molecule has 3 N–H and O–H groups in total. The van der Waals surface area contributed by atoms with Crippen LogP contribution in [-0.2, 0) is 0 Å². The monoisotopic (exact) mass is 238 g/mol. The largest absolute Gasteiger partial charge is 0.396 e. The van der Waals surface area contributed by atoms with Crippen LogP contribution in [0.4, 0.5) is 10.1 Å². The van der Waals surface area contributed by atoms with Gasteiger partial charge in [-0.25, -0.2) is 4.39 Å². The van der Waals surface area contributed by atoms with E-state index in [1.165, 1.54) is 6.07 Å². The zero-order valence-electron chi connectivity index (χ0n) is 10.1. The Balaban J connectivity index is 2.31. The maximum Gasteiger partial charge on any atom is 0.146 e. The van der Waals surface area contributed by atoms with Crippen molar-refractivity contribution in [1.82, 2.24) is 0 Å². The van der Waals surface area contributed by atoms with Crippen molar-refractivity contribution in [3.63, 3.8) is 0 Å². The lowest BCUT2D eigenvalue weighted by Gasteiger charge is -2.24. The number of aliphatic hydroxyl groups is 1. The minimum atomic E-state index is -0.224. The molecule has 0 spiro atoms. The molecule has 0 radical (unpaired) electrons. The third-order valence-corrected chi connectivity index (χ3v) is 3.37. The van der Waals surface area contributed by atoms with Crippen molar-refractivity contribution in [1.29, 1.82) is 0 Å². The Kier molecular flexibility index (Phi) is 3.64. The molecule has 1 aliphatic heterocycles. The maximum atomic E-state index is 13.9. The highest BCUT2D eigenvalue weighted by Gasteiger charge is 2.26. The summed E-state index contributed by atoms with van der Waals surface area (Å²) in [5, 5.41) is 9.13. The molecule has 1 aliphatic rings. The number of hydrogen-bond donors (Lipinski definition) is 2. The molecule has 1 saturated heterocycles. The lowest BCUT2D eigenvalue weighted by molar-refractivity contribution is 0.238. The number of rotatable bonds is 3. The minimum Gasteiger partial charge on any atom is -0.396 e. The topological polar surface area (TPSA) is 49.5 Å². The van der Waals surface area contributed by atoms with Gasteiger partial charge in [-0.1, -0.05) is 12.1 Å². The zero-order chi connectivity index (χ0) is 12.4. The number of nitrogens with two attached hydrogens (primary N) is 1. The first-order valence-corrected chi connectivity index (χ1v) is 6.03. The molecular formula is C13H19FN2O. The predicted octanol–water partition coefficient (Wildman–Crippen LogP) is 1.66. The van der Waals surface area contributed by atoms with Gasteiger partial charge in [-0.3, -0.25) is 0 Å². The van der Waals surface area contributed by atoms with Gasteiger partial charge in [0.25, 0.3) is 0 Å². The zero-order valence-corrected chi connectivity index (χ0v) is 10.1. The van der Waals surface area contributed by atoms with Gasteiger partial charge in [0.2, 0.25) is 0 Å². The molecular weight excluding hydrogens is 219 g/mol. The Bertz CT molecular complexity index is 395. The normalized spacial score (nSPS) is 21.9. The van der Waals surface area contributed by atoms with Crippen molar-refractivity contribution in [3.05, 3.63) is 29.6 Å². The Hall–Kier alpha value is -1.13. The smallest absolute Gasteiger partial charge is 0.146 e. The van der Waals surface area contributed by atoms with Crippen LogP contribution in [0.3, 0.4) is 0 Å². The minimum absolute atomic E-state index is 0.165. The first kappa shape index (κ1) is 12.3. The van der Waals surface area contributed by atoms with Gasteiger partial charge >= 0.3 is 0 Å². The molecule has 17 heavy (non-hydrogen) atoms. The fraction of sp³-hybridized carbons (Fsp3) is 0.538. The molecule has 1 unspecified atom stereocenters. The van der Waals surface area contributed by atoms with Crippen LogP contribution in [0, 0.1) is 11.7 Å². The average molecular weight is 238 g/mol. The molecule has 1 aromatic carbocycles. The molecule has 0 bridgehead atoms. The summed E-state index contributed by atoms with van der Waals surface area (Å²) in [6.45, 7) is 3.51. The van der Waals surface area contributed by atoms with Crippen LogP contribution in [0.15, 0.2) is 18.2 Å². The number of hydrogen-bond acceptors (Lipinski definition) is 3. The van der Waals surface area contributed by atoms with Crippen molar-refractivity contribution < 1.29 is 9.50 Å². The average Bonchev–Trinajstić information content (AvgIpc) is 2.76. The quantitative estimate of drug-likeness (QED) is 0.842. The second-order valence-electron chi connectivity index (χ2n) is 4.75. The first-order chi connectivity index (χ1) is 8.13. The van der Waals surface area contributed by atoms with E-state index < -0.39 is 0 Å². The summed E-state index contributed by atoms with van der Waals surface area (Å²) in [4.78, 5) is 1.99. The van der Waals surface area contributed by atoms with Gasteiger partial charge in [0, 0.05) is 31.7 Å². The number of anilines is 1. The van der Waals surface area contributed by atoms with Crippen LogP contribution in [0.5, 0.6) is 0 Å². The van der Waals surface area contributed by atoms with Gasteiger partial charge in [-0.05, 0) is 25.0 Å². The van der Waals surface area contributed by atoms with Gasteiger partial charge in [0.1, 0.15) is 5.82 Å². The standard InChI is InChI=1S/C13H19FN2O/c1-9(15)11-3-2-4-12(14)13(11)16-6-5-10(7-16)8-17/h2-4,9-10,17H,5-8,15H2,1H3/t9-,10?/m1/s1. The Morgan fingerprint density at radius 2 is 2.35 bits per heavy atom. The summed E-state index contributed by atoms with van der Waals surface area (Å²) in [5.74, 6) is 0.0222. The van der Waals surface area contributed by atoms with E-state index in [-0.39, 0.29) is 24.4 Å². The molecule has 2 atom stereocenters. The van der Waals surface area contributed by atoms with E-state index in [1.807, 2.05) is 17.9 Å². The predicted molar refractivity (Wildman–Crippen MR) is 66.4 cm³/mol. The summed E-state index contributed by atoms with van der Waals surface area (Å²) in [6.07, 6.45) is 0.906. The lowest BCUT2D eigenvalue weighted by atomic mass is 10.1. The van der Waals surface area contributed by atoms with Crippen LogP contribution in [0.1, 0.15) is 24.9 Å². The fourth-order valence-corrected chi connectivity index (χ4v) is 2.42. The molecule has 2 rings (SSSR count). The van der Waals surface area contributed by atoms with E-state index >= 15 is 0 Å². The highest BCUT2D eigenvalue weighted by molar-refractivity contribution is 5.56. The van der Waals surface area contributed by atoms with Gasteiger partial charge in [-0.15, -0.1) is 0 Å². The van der Waals surface area contributed by atoms with E-state index in [0.717, 1.165) is 18.5 Å². The Morgan fingerprint density at radius 3 is 2.94 bits per heavy atom. The molecule has 0 amide bonds. The van der Waals surface area contributed by atoms with E-state index in [1.54, 1.807) is 6.07 Å². The Labute approximate surface area is 101 Å². The summed E-state index contributed by atoms with van der Waals surface area (Å²) in [7, 11) is 0. The molecule has 1 heterocycles. The van der Waals surface area contributed by atoms with Gasteiger partial charge in [0.05, 0.1) is 5.69 Å². The third kappa shape index (κ3) is 2.42. The van der Waals surface area contributed by atoms with E-state index in [0.29, 0.717) is 12.2 Å². The number of para-hydroxylation sites is 1. The lowest BCUT2D eigenvalue weighted by Crippen LogP contribution is -2.24. The van der Waals surface area contributed by atoms with Crippen molar-refractivity contribution >= 4 is 5.69 Å². The van der Waals surface area contributed by atoms with Gasteiger partial charge in [-0.2, -0.15) is 0 Å². The van der Waals surface area contributed by atoms with E-state index in [9.17, 15) is 4.39 Å². The van der Waals surface area contributed by atoms with Gasteiger partial charge in [0.15, 0.2) is 0 Å². The number of nitrogens with zero attached hydrogens (tertiary/aromatic N) is 1. The molecule has 0 aromatic heterocycles. The molecule has 1 fully saturated rings. The molecule has 3 nitrogen and oxygen atoms in total. The van der Waals surface area contributed by atoms with Crippen molar-refractivity contribution in [2.24, 2.45) is 11.7 Å². The van der Waals surface area contributed by atoms with Crippen LogP contribution in [0.25, 0.3) is 0 Å². The molecule has 0 aliphatic carbocycles.